The molecule has 0 N–H and O–H groups in total. The van der Waals surface area contributed by atoms with Crippen molar-refractivity contribution in [2.24, 2.45) is 0 Å². The number of rotatable bonds is 5. The van der Waals surface area contributed by atoms with Gasteiger partial charge in [0, 0.05) is 49.4 Å². The van der Waals surface area contributed by atoms with Crippen LogP contribution < -0.4 is 4.90 Å². The lowest BCUT2D eigenvalue weighted by molar-refractivity contribution is -0.137. The second kappa shape index (κ2) is 9.02. The largest absolute Gasteiger partial charge is 0.416 e. The first-order valence-electron chi connectivity index (χ1n) is 10.3. The Hall–Kier alpha value is -2.64. The maximum Gasteiger partial charge on any atom is 0.416 e. The van der Waals surface area contributed by atoms with Crippen LogP contribution in [-0.2, 0) is 17.4 Å². The van der Waals surface area contributed by atoms with Crippen molar-refractivity contribution in [3.63, 3.8) is 0 Å². The van der Waals surface area contributed by atoms with Crippen LogP contribution in [0.1, 0.15) is 43.5 Å². The molecule has 30 heavy (non-hydrogen) atoms. The van der Waals surface area contributed by atoms with E-state index in [1.807, 2.05) is 25.7 Å². The van der Waals surface area contributed by atoms with Crippen LogP contribution in [0.25, 0.3) is 11.4 Å². The second-order valence-electron chi connectivity index (χ2n) is 7.48. The molecular weight excluding hydrogens is 393 g/mol. The summed E-state index contributed by atoms with van der Waals surface area (Å²) >= 11 is 0. The van der Waals surface area contributed by atoms with E-state index < -0.39 is 11.7 Å². The van der Waals surface area contributed by atoms with Crippen LogP contribution in [0.2, 0.25) is 0 Å². The van der Waals surface area contributed by atoms with E-state index in [0.29, 0.717) is 44.0 Å². The highest BCUT2D eigenvalue weighted by atomic mass is 19.4. The third kappa shape index (κ3) is 4.74. The van der Waals surface area contributed by atoms with Gasteiger partial charge in [0.1, 0.15) is 5.82 Å². The van der Waals surface area contributed by atoms with E-state index in [-0.39, 0.29) is 5.91 Å². The van der Waals surface area contributed by atoms with Crippen LogP contribution in [0, 0.1) is 6.92 Å². The SMILES string of the molecule is CCCC(=O)N1CCN(c2nc(-c3ccc(C(F)(F)F)cc3)nc(C)c2CC)CC1. The Labute approximate surface area is 174 Å². The van der Waals surface area contributed by atoms with Crippen molar-refractivity contribution in [2.45, 2.75) is 46.2 Å². The molecule has 162 valence electrons. The molecule has 0 spiro atoms. The Morgan fingerprint density at radius 2 is 1.67 bits per heavy atom. The van der Waals surface area contributed by atoms with Crippen molar-refractivity contribution in [3.8, 4) is 11.4 Å². The number of aromatic nitrogens is 2. The third-order valence-electron chi connectivity index (χ3n) is 5.41. The van der Waals surface area contributed by atoms with Gasteiger partial charge in [0.15, 0.2) is 5.82 Å². The molecule has 0 aliphatic carbocycles. The molecule has 1 amide bonds. The summed E-state index contributed by atoms with van der Waals surface area (Å²) in [6, 6.07) is 4.93. The van der Waals surface area contributed by atoms with E-state index in [1.54, 1.807) is 0 Å². The van der Waals surface area contributed by atoms with Gasteiger partial charge in [0.05, 0.1) is 5.56 Å². The molecule has 3 rings (SSSR count). The van der Waals surface area contributed by atoms with Gasteiger partial charge >= 0.3 is 6.18 Å². The van der Waals surface area contributed by atoms with E-state index in [4.69, 9.17) is 4.98 Å². The Balaban J connectivity index is 1.87. The van der Waals surface area contributed by atoms with Gasteiger partial charge in [-0.3, -0.25) is 4.79 Å². The zero-order chi connectivity index (χ0) is 21.9. The van der Waals surface area contributed by atoms with Crippen molar-refractivity contribution in [2.75, 3.05) is 31.1 Å². The lowest BCUT2D eigenvalue weighted by Crippen LogP contribution is -2.49. The number of hydrogen-bond acceptors (Lipinski definition) is 4. The molecular formula is C22H27F3N4O. The standard InChI is InChI=1S/C22H27F3N4O/c1-4-6-19(30)28-11-13-29(14-12-28)21-18(5-2)15(3)26-20(27-21)16-7-9-17(10-8-16)22(23,24)25/h7-10H,4-6,11-14H2,1-3H3. The van der Waals surface area contributed by atoms with Crippen molar-refractivity contribution >= 4 is 11.7 Å². The first-order valence-corrected chi connectivity index (χ1v) is 10.3. The zero-order valence-corrected chi connectivity index (χ0v) is 17.6. The van der Waals surface area contributed by atoms with Crippen LogP contribution in [0.3, 0.4) is 0 Å². The lowest BCUT2D eigenvalue weighted by Gasteiger charge is -2.36. The number of halogens is 3. The van der Waals surface area contributed by atoms with Crippen molar-refractivity contribution in [3.05, 3.63) is 41.1 Å². The second-order valence-corrected chi connectivity index (χ2v) is 7.48. The van der Waals surface area contributed by atoms with Crippen molar-refractivity contribution in [1.29, 1.82) is 0 Å². The molecule has 2 aromatic rings. The number of aryl methyl sites for hydroxylation is 1. The molecule has 1 aliphatic rings. The number of anilines is 1. The fourth-order valence-corrected chi connectivity index (χ4v) is 3.73. The van der Waals surface area contributed by atoms with E-state index in [1.165, 1.54) is 12.1 Å². The first-order chi connectivity index (χ1) is 14.2. The number of benzene rings is 1. The predicted molar refractivity (Wildman–Crippen MR) is 110 cm³/mol. The lowest BCUT2D eigenvalue weighted by atomic mass is 10.1. The van der Waals surface area contributed by atoms with E-state index in [2.05, 4.69) is 9.88 Å². The van der Waals surface area contributed by atoms with Gasteiger partial charge in [0.2, 0.25) is 5.91 Å². The number of carbonyl (C=O) groups is 1. The quantitative estimate of drug-likeness (QED) is 0.716. The summed E-state index contributed by atoms with van der Waals surface area (Å²) in [5.41, 5.74) is 1.70. The summed E-state index contributed by atoms with van der Waals surface area (Å²) < 4.78 is 38.6. The minimum Gasteiger partial charge on any atom is -0.353 e. The fraction of sp³-hybridized carbons (Fsp3) is 0.500. The average molecular weight is 420 g/mol. The monoisotopic (exact) mass is 420 g/mol. The molecule has 1 aliphatic heterocycles. The number of carbonyl (C=O) groups excluding carboxylic acids is 1. The van der Waals surface area contributed by atoms with Crippen molar-refractivity contribution in [1.82, 2.24) is 14.9 Å². The Morgan fingerprint density at radius 3 is 2.20 bits per heavy atom. The molecule has 1 aromatic heterocycles. The van der Waals surface area contributed by atoms with Crippen LogP contribution in [0.4, 0.5) is 19.0 Å². The van der Waals surface area contributed by atoms with Crippen molar-refractivity contribution < 1.29 is 18.0 Å². The molecule has 8 heteroatoms. The van der Waals surface area contributed by atoms with E-state index >= 15 is 0 Å². The van der Waals surface area contributed by atoms with Crippen LogP contribution >= 0.6 is 0 Å². The zero-order valence-electron chi connectivity index (χ0n) is 17.6. The van der Waals surface area contributed by atoms with Gasteiger partial charge in [-0.25, -0.2) is 9.97 Å². The summed E-state index contributed by atoms with van der Waals surface area (Å²) in [7, 11) is 0. The minimum absolute atomic E-state index is 0.178. The Kier molecular flexibility index (Phi) is 6.63. The van der Waals surface area contributed by atoms with Crippen LogP contribution in [0.15, 0.2) is 24.3 Å². The molecule has 1 saturated heterocycles. The molecule has 0 saturated carbocycles. The predicted octanol–water partition coefficient (Wildman–Crippen LogP) is 4.48. The summed E-state index contributed by atoms with van der Waals surface area (Å²) in [4.78, 5) is 25.5. The van der Waals surface area contributed by atoms with Gasteiger partial charge in [-0.1, -0.05) is 26.0 Å². The summed E-state index contributed by atoms with van der Waals surface area (Å²) in [6.45, 7) is 8.55. The maximum atomic E-state index is 12.9. The van der Waals surface area contributed by atoms with E-state index in [0.717, 1.165) is 42.0 Å². The van der Waals surface area contributed by atoms with Gasteiger partial charge < -0.3 is 9.80 Å². The molecule has 0 atom stereocenters. The Morgan fingerprint density at radius 1 is 1.03 bits per heavy atom. The smallest absolute Gasteiger partial charge is 0.353 e. The highest BCUT2D eigenvalue weighted by Gasteiger charge is 2.30. The molecule has 1 aromatic carbocycles. The molecule has 5 nitrogen and oxygen atoms in total. The van der Waals surface area contributed by atoms with E-state index in [9.17, 15) is 18.0 Å². The van der Waals surface area contributed by atoms with Gasteiger partial charge in [-0.2, -0.15) is 13.2 Å². The fourth-order valence-electron chi connectivity index (χ4n) is 3.73. The third-order valence-corrected chi connectivity index (χ3v) is 5.41. The normalized spacial score (nSPS) is 14.9. The Bertz CT molecular complexity index is 888. The number of piperazine rings is 1. The van der Waals surface area contributed by atoms with Crippen LogP contribution in [-0.4, -0.2) is 47.0 Å². The summed E-state index contributed by atoms with van der Waals surface area (Å²) in [5, 5.41) is 0. The van der Waals surface area contributed by atoms with Crippen LogP contribution in [0.5, 0.6) is 0 Å². The first kappa shape index (κ1) is 22.1. The molecule has 0 unspecified atom stereocenters. The van der Waals surface area contributed by atoms with Gasteiger partial charge in [-0.05, 0) is 31.9 Å². The highest BCUT2D eigenvalue weighted by molar-refractivity contribution is 5.76. The number of hydrogen-bond donors (Lipinski definition) is 0. The maximum absolute atomic E-state index is 12.9. The topological polar surface area (TPSA) is 49.3 Å². The molecule has 2 heterocycles. The number of amides is 1. The minimum atomic E-state index is -4.37. The number of alkyl halides is 3. The molecule has 0 bridgehead atoms. The summed E-state index contributed by atoms with van der Waals surface area (Å²) in [5.74, 6) is 1.40. The number of nitrogens with zero attached hydrogens (tertiary/aromatic N) is 4. The summed E-state index contributed by atoms with van der Waals surface area (Å²) in [6.07, 6.45) is -2.23. The van der Waals surface area contributed by atoms with Gasteiger partial charge in [0.25, 0.3) is 0 Å². The highest BCUT2D eigenvalue weighted by Crippen LogP contribution is 2.31. The average Bonchev–Trinajstić information content (AvgIpc) is 2.73. The molecule has 0 radical (unpaired) electrons. The van der Waals surface area contributed by atoms with Gasteiger partial charge in [-0.15, -0.1) is 0 Å². The molecule has 1 fully saturated rings.